The molecule has 182 valence electrons. The Kier molecular flexibility index (Phi) is 6.92. The van der Waals surface area contributed by atoms with E-state index in [0.29, 0.717) is 29.1 Å². The molecule has 1 spiro atoms. The van der Waals surface area contributed by atoms with E-state index in [0.717, 1.165) is 69.2 Å². The van der Waals surface area contributed by atoms with Crippen molar-refractivity contribution < 1.29 is 4.79 Å². The van der Waals surface area contributed by atoms with Crippen LogP contribution in [-0.4, -0.2) is 71.3 Å². The van der Waals surface area contributed by atoms with E-state index in [1.807, 2.05) is 30.9 Å². The quantitative estimate of drug-likeness (QED) is 0.471. The molecule has 2 aromatic heterocycles. The van der Waals surface area contributed by atoms with Gasteiger partial charge in [0.2, 0.25) is 11.9 Å². The van der Waals surface area contributed by atoms with Crippen LogP contribution in [0.3, 0.4) is 0 Å². The van der Waals surface area contributed by atoms with Gasteiger partial charge in [0.1, 0.15) is 5.82 Å². The van der Waals surface area contributed by atoms with Crippen molar-refractivity contribution in [1.82, 2.24) is 25.2 Å². The van der Waals surface area contributed by atoms with Crippen molar-refractivity contribution in [3.05, 3.63) is 36.3 Å². The maximum atomic E-state index is 13.0. The standard InChI is InChI=1S/C25H35N7OS/c1-17(11-29-24-30-13-19(34-2)14-31-24)10-27-22-4-3-18(12-28-22)20-9-21(20)23(33)32-7-5-25(6-8-32)15-26-16-25/h3-4,12-14,17,20-21,26H,5-11,15-16H2,1-2H3,(H,27,28)(H,29,30,31)/t17-,20?,21?/m1/s1. The van der Waals surface area contributed by atoms with Crippen LogP contribution in [0, 0.1) is 17.3 Å². The van der Waals surface area contributed by atoms with Crippen LogP contribution in [-0.2, 0) is 4.79 Å². The van der Waals surface area contributed by atoms with Gasteiger partial charge in [-0.1, -0.05) is 13.0 Å². The van der Waals surface area contributed by atoms with E-state index >= 15 is 0 Å². The Morgan fingerprint density at radius 1 is 1.15 bits per heavy atom. The summed E-state index contributed by atoms with van der Waals surface area (Å²) in [6, 6.07) is 4.16. The number of carbonyl (C=O) groups is 1. The molecular formula is C25H35N7OS. The molecule has 9 heteroatoms. The monoisotopic (exact) mass is 481 g/mol. The minimum Gasteiger partial charge on any atom is -0.370 e. The Balaban J connectivity index is 1.04. The number of rotatable bonds is 9. The number of amides is 1. The maximum absolute atomic E-state index is 13.0. The van der Waals surface area contributed by atoms with E-state index in [9.17, 15) is 4.79 Å². The molecule has 3 atom stereocenters. The van der Waals surface area contributed by atoms with Crippen molar-refractivity contribution in [2.24, 2.45) is 17.3 Å². The largest absolute Gasteiger partial charge is 0.370 e. The summed E-state index contributed by atoms with van der Waals surface area (Å²) >= 11 is 1.63. The summed E-state index contributed by atoms with van der Waals surface area (Å²) < 4.78 is 0. The third-order valence-electron chi connectivity index (χ3n) is 7.56. The maximum Gasteiger partial charge on any atom is 0.226 e. The third kappa shape index (κ3) is 5.30. The number of aromatic nitrogens is 3. The van der Waals surface area contributed by atoms with Crippen LogP contribution in [0.1, 0.15) is 37.7 Å². The molecule has 3 aliphatic rings. The lowest BCUT2D eigenvalue weighted by Gasteiger charge is -2.48. The number of thioether (sulfide) groups is 1. The average molecular weight is 482 g/mol. The number of pyridine rings is 1. The molecule has 2 unspecified atom stereocenters. The highest BCUT2D eigenvalue weighted by Gasteiger charge is 2.48. The van der Waals surface area contributed by atoms with E-state index < -0.39 is 0 Å². The molecule has 0 bridgehead atoms. The lowest BCUT2D eigenvalue weighted by atomic mass is 9.73. The molecular weight excluding hydrogens is 446 g/mol. The fourth-order valence-corrected chi connectivity index (χ4v) is 5.28. The van der Waals surface area contributed by atoms with Crippen molar-refractivity contribution in [2.75, 3.05) is 56.2 Å². The van der Waals surface area contributed by atoms with Gasteiger partial charge in [0.15, 0.2) is 0 Å². The lowest BCUT2D eigenvalue weighted by Crippen LogP contribution is -2.58. The Bertz CT molecular complexity index is 970. The van der Waals surface area contributed by atoms with Gasteiger partial charge in [0.25, 0.3) is 0 Å². The molecule has 1 amide bonds. The molecule has 2 aliphatic heterocycles. The molecule has 0 radical (unpaired) electrons. The van der Waals surface area contributed by atoms with E-state index in [4.69, 9.17) is 0 Å². The molecule has 8 nitrogen and oxygen atoms in total. The second-order valence-corrected chi connectivity index (χ2v) is 11.0. The zero-order chi connectivity index (χ0) is 23.5. The van der Waals surface area contributed by atoms with Gasteiger partial charge in [-0.3, -0.25) is 4.79 Å². The summed E-state index contributed by atoms with van der Waals surface area (Å²) in [6.45, 7) is 7.86. The first kappa shape index (κ1) is 23.4. The Hall–Kier alpha value is -2.39. The van der Waals surface area contributed by atoms with Gasteiger partial charge in [-0.2, -0.15) is 0 Å². The summed E-state index contributed by atoms with van der Waals surface area (Å²) in [7, 11) is 0. The highest BCUT2D eigenvalue weighted by atomic mass is 32.2. The molecule has 3 fully saturated rings. The molecule has 0 aromatic carbocycles. The first-order valence-electron chi connectivity index (χ1n) is 12.3. The third-order valence-corrected chi connectivity index (χ3v) is 8.24. The number of nitrogens with zero attached hydrogens (tertiary/aromatic N) is 4. The number of nitrogens with one attached hydrogen (secondary N) is 3. The molecule has 1 saturated carbocycles. The number of piperidine rings is 1. The molecule has 2 saturated heterocycles. The summed E-state index contributed by atoms with van der Waals surface area (Å²) in [5.74, 6) is 2.74. The molecule has 34 heavy (non-hydrogen) atoms. The van der Waals surface area contributed by atoms with Crippen LogP contribution < -0.4 is 16.0 Å². The van der Waals surface area contributed by atoms with Gasteiger partial charge in [0.05, 0.1) is 0 Å². The van der Waals surface area contributed by atoms with Gasteiger partial charge in [-0.05, 0) is 54.4 Å². The second kappa shape index (κ2) is 10.1. The summed E-state index contributed by atoms with van der Waals surface area (Å²) in [5, 5.41) is 10.1. The van der Waals surface area contributed by atoms with Crippen LogP contribution >= 0.6 is 11.8 Å². The molecule has 5 rings (SSSR count). The van der Waals surface area contributed by atoms with Crippen molar-refractivity contribution in [3.8, 4) is 0 Å². The van der Waals surface area contributed by atoms with Crippen molar-refractivity contribution in [2.45, 2.75) is 37.0 Å². The molecule has 1 aliphatic carbocycles. The lowest BCUT2D eigenvalue weighted by molar-refractivity contribution is -0.135. The number of hydrogen-bond acceptors (Lipinski definition) is 8. The number of carbonyl (C=O) groups excluding carboxylic acids is 1. The van der Waals surface area contributed by atoms with Crippen LogP contribution in [0.25, 0.3) is 0 Å². The number of anilines is 2. The van der Waals surface area contributed by atoms with Gasteiger partial charge < -0.3 is 20.9 Å². The van der Waals surface area contributed by atoms with Crippen molar-refractivity contribution in [1.29, 1.82) is 0 Å². The fourth-order valence-electron chi connectivity index (χ4n) is 4.96. The smallest absolute Gasteiger partial charge is 0.226 e. The first-order valence-corrected chi connectivity index (χ1v) is 13.6. The van der Waals surface area contributed by atoms with E-state index in [1.54, 1.807) is 11.8 Å². The van der Waals surface area contributed by atoms with Crippen molar-refractivity contribution in [3.63, 3.8) is 0 Å². The summed E-state index contributed by atoms with van der Waals surface area (Å²) in [4.78, 5) is 29.4. The molecule has 3 N–H and O–H groups in total. The van der Waals surface area contributed by atoms with Crippen LogP contribution in [0.5, 0.6) is 0 Å². The van der Waals surface area contributed by atoms with Gasteiger partial charge in [-0.25, -0.2) is 15.0 Å². The molecule has 2 aromatic rings. The summed E-state index contributed by atoms with van der Waals surface area (Å²) in [5.41, 5.74) is 1.66. The normalized spacial score (nSPS) is 23.8. The first-order chi connectivity index (χ1) is 16.5. The van der Waals surface area contributed by atoms with Gasteiger partial charge in [0, 0.05) is 68.7 Å². The Labute approximate surface area is 206 Å². The van der Waals surface area contributed by atoms with Gasteiger partial charge in [-0.15, -0.1) is 11.8 Å². The highest BCUT2D eigenvalue weighted by Crippen LogP contribution is 2.49. The minimum atomic E-state index is 0.146. The van der Waals surface area contributed by atoms with Gasteiger partial charge >= 0.3 is 0 Å². The zero-order valence-corrected chi connectivity index (χ0v) is 20.9. The van der Waals surface area contributed by atoms with Crippen LogP contribution in [0.4, 0.5) is 11.8 Å². The zero-order valence-electron chi connectivity index (χ0n) is 20.1. The predicted octanol–water partition coefficient (Wildman–Crippen LogP) is 3.07. The molecule has 4 heterocycles. The fraction of sp³-hybridized carbons (Fsp3) is 0.600. The topological polar surface area (TPSA) is 95.1 Å². The predicted molar refractivity (Wildman–Crippen MR) is 136 cm³/mol. The minimum absolute atomic E-state index is 0.146. The Morgan fingerprint density at radius 3 is 2.50 bits per heavy atom. The second-order valence-electron chi connectivity index (χ2n) is 10.2. The number of likely N-dealkylation sites (tertiary alicyclic amines) is 1. The van der Waals surface area contributed by atoms with E-state index in [1.165, 1.54) is 5.56 Å². The van der Waals surface area contributed by atoms with E-state index in [2.05, 4.69) is 48.8 Å². The highest BCUT2D eigenvalue weighted by molar-refractivity contribution is 7.98. The number of hydrogen-bond donors (Lipinski definition) is 3. The van der Waals surface area contributed by atoms with Crippen LogP contribution in [0.15, 0.2) is 35.6 Å². The summed E-state index contributed by atoms with van der Waals surface area (Å²) in [6.07, 6.45) is 10.9. The SMILES string of the molecule is CSc1cnc(NC[C@H](C)CNc2ccc(C3CC3C(=O)N3CCC4(CC3)CNC4)cn2)nc1. The van der Waals surface area contributed by atoms with Crippen molar-refractivity contribution >= 4 is 29.4 Å². The van der Waals surface area contributed by atoms with E-state index in [-0.39, 0.29) is 5.92 Å². The average Bonchev–Trinajstić information content (AvgIpc) is 3.66. The Morgan fingerprint density at radius 2 is 1.88 bits per heavy atom. The van der Waals surface area contributed by atoms with Crippen LogP contribution in [0.2, 0.25) is 0 Å².